The number of nitrogens with zero attached hydrogens (tertiary/aromatic N) is 1. The van der Waals surface area contributed by atoms with E-state index in [0.29, 0.717) is 24.5 Å². The van der Waals surface area contributed by atoms with Gasteiger partial charge in [0.25, 0.3) is 0 Å². The van der Waals surface area contributed by atoms with Crippen molar-refractivity contribution in [1.29, 1.82) is 0 Å². The molecule has 1 amide bonds. The van der Waals surface area contributed by atoms with Crippen LogP contribution in [0.3, 0.4) is 0 Å². The molecule has 4 nitrogen and oxygen atoms in total. The minimum absolute atomic E-state index is 0.0425. The van der Waals surface area contributed by atoms with Crippen molar-refractivity contribution >= 4 is 11.6 Å². The number of hydrogen-bond donors (Lipinski definition) is 1. The summed E-state index contributed by atoms with van der Waals surface area (Å²) in [7, 11) is 0. The fourth-order valence-electron chi connectivity index (χ4n) is 3.12. The van der Waals surface area contributed by atoms with Crippen molar-refractivity contribution in [2.75, 3.05) is 11.9 Å². The summed E-state index contributed by atoms with van der Waals surface area (Å²) in [5, 5.41) is 3.00. The van der Waals surface area contributed by atoms with Crippen molar-refractivity contribution in [2.24, 2.45) is 0 Å². The average molecular weight is 348 g/mol. The number of rotatable bonds is 7. The molecule has 1 heterocycles. The number of benzene rings is 2. The Morgan fingerprint density at radius 2 is 1.73 bits per heavy atom. The van der Waals surface area contributed by atoms with E-state index < -0.39 is 0 Å². The van der Waals surface area contributed by atoms with Crippen LogP contribution in [0, 0.1) is 6.92 Å². The number of nitrogens with one attached hydrogen (secondary N) is 1. The zero-order valence-corrected chi connectivity index (χ0v) is 15.2. The maximum absolute atomic E-state index is 12.8. The lowest BCUT2D eigenvalue weighted by Gasteiger charge is -2.21. The number of amides is 1. The SMILES string of the molecule is CCOc1ccccc1NC(=O)C[C@@H](c1ccccc1C)n1cccc1. The molecule has 0 fully saturated rings. The molecule has 134 valence electrons. The summed E-state index contributed by atoms with van der Waals surface area (Å²) in [6.07, 6.45) is 4.34. The maximum atomic E-state index is 12.8. The van der Waals surface area contributed by atoms with Crippen molar-refractivity contribution in [3.63, 3.8) is 0 Å². The Morgan fingerprint density at radius 1 is 1.04 bits per heavy atom. The van der Waals surface area contributed by atoms with Crippen LogP contribution in [-0.4, -0.2) is 17.1 Å². The van der Waals surface area contributed by atoms with Gasteiger partial charge in [0.05, 0.1) is 24.8 Å². The molecule has 0 aliphatic carbocycles. The van der Waals surface area contributed by atoms with Crippen LogP contribution in [0.15, 0.2) is 73.1 Å². The third kappa shape index (κ3) is 4.14. The molecule has 1 atom stereocenters. The van der Waals surface area contributed by atoms with Crippen molar-refractivity contribution < 1.29 is 9.53 Å². The lowest BCUT2D eigenvalue weighted by atomic mass is 9.98. The van der Waals surface area contributed by atoms with Gasteiger partial charge in [0.1, 0.15) is 5.75 Å². The molecule has 0 bridgehead atoms. The Kier molecular flexibility index (Phi) is 5.74. The molecule has 0 saturated heterocycles. The largest absolute Gasteiger partial charge is 0.492 e. The zero-order valence-electron chi connectivity index (χ0n) is 15.2. The van der Waals surface area contributed by atoms with Gasteiger partial charge < -0.3 is 14.6 Å². The first-order chi connectivity index (χ1) is 12.7. The van der Waals surface area contributed by atoms with Gasteiger partial charge in [0.2, 0.25) is 5.91 Å². The monoisotopic (exact) mass is 348 g/mol. The predicted molar refractivity (Wildman–Crippen MR) is 105 cm³/mol. The number of aryl methyl sites for hydroxylation is 1. The molecule has 26 heavy (non-hydrogen) atoms. The molecular formula is C22H24N2O2. The van der Waals surface area contributed by atoms with Crippen LogP contribution >= 0.6 is 0 Å². The van der Waals surface area contributed by atoms with Crippen LogP contribution in [0.2, 0.25) is 0 Å². The van der Waals surface area contributed by atoms with Crippen molar-refractivity contribution in [3.05, 3.63) is 84.2 Å². The van der Waals surface area contributed by atoms with Crippen LogP contribution in [-0.2, 0) is 4.79 Å². The Hall–Kier alpha value is -3.01. The molecule has 3 rings (SSSR count). The van der Waals surface area contributed by atoms with Gasteiger partial charge in [-0.15, -0.1) is 0 Å². The average Bonchev–Trinajstić information content (AvgIpc) is 3.17. The number of carbonyl (C=O) groups excluding carboxylic acids is 1. The number of ether oxygens (including phenoxy) is 1. The second-order valence-electron chi connectivity index (χ2n) is 6.18. The van der Waals surface area contributed by atoms with E-state index in [0.717, 1.165) is 5.56 Å². The highest BCUT2D eigenvalue weighted by molar-refractivity contribution is 5.92. The van der Waals surface area contributed by atoms with E-state index in [-0.39, 0.29) is 11.9 Å². The Balaban J connectivity index is 1.82. The molecule has 0 aliphatic heterocycles. The maximum Gasteiger partial charge on any atom is 0.226 e. The highest BCUT2D eigenvalue weighted by Gasteiger charge is 2.19. The Labute approximate surface area is 154 Å². The van der Waals surface area contributed by atoms with Crippen molar-refractivity contribution in [3.8, 4) is 5.75 Å². The van der Waals surface area contributed by atoms with Gasteiger partial charge in [-0.05, 0) is 49.2 Å². The summed E-state index contributed by atoms with van der Waals surface area (Å²) < 4.78 is 7.68. The van der Waals surface area contributed by atoms with Crippen molar-refractivity contribution in [2.45, 2.75) is 26.3 Å². The topological polar surface area (TPSA) is 43.3 Å². The van der Waals surface area contributed by atoms with Gasteiger partial charge in [-0.2, -0.15) is 0 Å². The molecule has 0 aliphatic rings. The predicted octanol–water partition coefficient (Wildman–Crippen LogP) is 4.81. The first kappa shape index (κ1) is 17.8. The first-order valence-electron chi connectivity index (χ1n) is 8.88. The zero-order chi connectivity index (χ0) is 18.4. The molecule has 2 aromatic carbocycles. The van der Waals surface area contributed by atoms with Crippen LogP contribution in [0.4, 0.5) is 5.69 Å². The van der Waals surface area contributed by atoms with E-state index in [1.165, 1.54) is 5.56 Å². The molecule has 0 spiro atoms. The van der Waals surface area contributed by atoms with Crippen LogP contribution in [0.5, 0.6) is 5.75 Å². The highest BCUT2D eigenvalue weighted by Crippen LogP contribution is 2.28. The smallest absolute Gasteiger partial charge is 0.226 e. The first-order valence-corrected chi connectivity index (χ1v) is 8.88. The third-order valence-electron chi connectivity index (χ3n) is 4.37. The minimum atomic E-state index is -0.0505. The highest BCUT2D eigenvalue weighted by atomic mass is 16.5. The fraction of sp³-hybridized carbons (Fsp3) is 0.227. The van der Waals surface area contributed by atoms with E-state index in [4.69, 9.17) is 4.74 Å². The molecule has 1 aromatic heterocycles. The quantitative estimate of drug-likeness (QED) is 0.665. The summed E-state index contributed by atoms with van der Waals surface area (Å²) in [5.41, 5.74) is 3.03. The van der Waals surface area contributed by atoms with E-state index >= 15 is 0 Å². The number of hydrogen-bond acceptors (Lipinski definition) is 2. The van der Waals surface area contributed by atoms with E-state index in [1.807, 2.05) is 67.8 Å². The second-order valence-corrected chi connectivity index (χ2v) is 6.18. The second kappa shape index (κ2) is 8.39. The fourth-order valence-corrected chi connectivity index (χ4v) is 3.12. The Bertz CT molecular complexity index is 856. The lowest BCUT2D eigenvalue weighted by Crippen LogP contribution is -2.20. The van der Waals surface area contributed by atoms with Gasteiger partial charge >= 0.3 is 0 Å². The van der Waals surface area contributed by atoms with Gasteiger partial charge in [-0.25, -0.2) is 0 Å². The van der Waals surface area contributed by atoms with Crippen LogP contribution in [0.25, 0.3) is 0 Å². The summed E-state index contributed by atoms with van der Waals surface area (Å²) in [6, 6.07) is 19.6. The molecule has 1 N–H and O–H groups in total. The summed E-state index contributed by atoms with van der Waals surface area (Å²) >= 11 is 0. The van der Waals surface area contributed by atoms with Gasteiger partial charge in [0, 0.05) is 12.4 Å². The number of carbonyl (C=O) groups is 1. The molecule has 0 saturated carbocycles. The number of anilines is 1. The Morgan fingerprint density at radius 3 is 2.46 bits per heavy atom. The van der Waals surface area contributed by atoms with Crippen molar-refractivity contribution in [1.82, 2.24) is 4.57 Å². The van der Waals surface area contributed by atoms with E-state index in [9.17, 15) is 4.79 Å². The normalized spacial score (nSPS) is 11.8. The molecule has 3 aromatic rings. The van der Waals surface area contributed by atoms with Crippen LogP contribution < -0.4 is 10.1 Å². The van der Waals surface area contributed by atoms with Gasteiger partial charge in [-0.3, -0.25) is 4.79 Å². The van der Waals surface area contributed by atoms with Gasteiger partial charge in [0.15, 0.2) is 0 Å². The standard InChI is InChI=1S/C22H24N2O2/c1-3-26-21-13-7-6-12-19(21)23-22(25)16-20(24-14-8-9-15-24)18-11-5-4-10-17(18)2/h4-15,20H,3,16H2,1-2H3,(H,23,25)/t20-/m0/s1. The number of para-hydroxylation sites is 2. The van der Waals surface area contributed by atoms with Gasteiger partial charge in [-0.1, -0.05) is 36.4 Å². The van der Waals surface area contributed by atoms with Crippen LogP contribution in [0.1, 0.15) is 30.5 Å². The van der Waals surface area contributed by atoms with E-state index in [2.05, 4.69) is 28.9 Å². The summed E-state index contributed by atoms with van der Waals surface area (Å²) in [5.74, 6) is 0.649. The molecule has 0 unspecified atom stereocenters. The summed E-state index contributed by atoms with van der Waals surface area (Å²) in [4.78, 5) is 12.8. The molecule has 4 heteroatoms. The molecular weight excluding hydrogens is 324 g/mol. The molecule has 0 radical (unpaired) electrons. The summed E-state index contributed by atoms with van der Waals surface area (Å²) in [6.45, 7) is 4.56. The van der Waals surface area contributed by atoms with E-state index in [1.54, 1.807) is 0 Å². The third-order valence-corrected chi connectivity index (χ3v) is 4.37. The lowest BCUT2D eigenvalue weighted by molar-refractivity contribution is -0.116. The minimum Gasteiger partial charge on any atom is -0.492 e. The number of aromatic nitrogens is 1.